The van der Waals surface area contributed by atoms with Gasteiger partial charge in [0.25, 0.3) is 0 Å². The second-order valence-electron chi connectivity index (χ2n) is 6.16. The summed E-state index contributed by atoms with van der Waals surface area (Å²) in [4.78, 5) is 4.84. The summed E-state index contributed by atoms with van der Waals surface area (Å²) < 4.78 is 0. The highest BCUT2D eigenvalue weighted by atomic mass is 35.5. The molecule has 1 aromatic carbocycles. The molecular weight excluding hydrogens is 282 g/mol. The van der Waals surface area contributed by atoms with Crippen LogP contribution in [-0.2, 0) is 0 Å². The second-order valence-corrected chi connectivity index (χ2v) is 6.56. The van der Waals surface area contributed by atoms with Crippen LogP contribution in [0.1, 0.15) is 38.8 Å². The number of hydrogen-bond donors (Lipinski definition) is 1. The zero-order chi connectivity index (χ0) is 15.4. The van der Waals surface area contributed by atoms with Gasteiger partial charge in [0.15, 0.2) is 0 Å². The lowest BCUT2D eigenvalue weighted by molar-refractivity contribution is 0.234. The van der Waals surface area contributed by atoms with Crippen LogP contribution in [0.15, 0.2) is 18.2 Å². The predicted molar refractivity (Wildman–Crippen MR) is 92.5 cm³/mol. The summed E-state index contributed by atoms with van der Waals surface area (Å²) >= 11 is 6.51. The number of anilines is 1. The molecule has 0 saturated carbocycles. The van der Waals surface area contributed by atoms with Gasteiger partial charge in [0, 0.05) is 42.4 Å². The predicted octanol–water partition coefficient (Wildman–Crippen LogP) is 3.54. The number of rotatable bonds is 5. The SMILES string of the molecule is CCCNC(C)c1ccc(N2CCN(C)C(C)C2)cc1Cl. The van der Waals surface area contributed by atoms with Crippen LogP contribution in [0.3, 0.4) is 0 Å². The largest absolute Gasteiger partial charge is 0.369 e. The van der Waals surface area contributed by atoms with Gasteiger partial charge in [-0.15, -0.1) is 0 Å². The lowest BCUT2D eigenvalue weighted by atomic mass is 10.1. The Morgan fingerprint density at radius 3 is 2.76 bits per heavy atom. The Kier molecular flexibility index (Phi) is 5.91. The molecule has 1 aromatic rings. The molecule has 0 radical (unpaired) electrons. The Morgan fingerprint density at radius 2 is 2.14 bits per heavy atom. The van der Waals surface area contributed by atoms with E-state index in [0.29, 0.717) is 12.1 Å². The van der Waals surface area contributed by atoms with Crippen LogP contribution >= 0.6 is 11.6 Å². The van der Waals surface area contributed by atoms with E-state index >= 15 is 0 Å². The van der Waals surface area contributed by atoms with Gasteiger partial charge in [-0.2, -0.15) is 0 Å². The van der Waals surface area contributed by atoms with Gasteiger partial charge in [0.1, 0.15) is 0 Å². The summed E-state index contributed by atoms with van der Waals surface area (Å²) in [6.07, 6.45) is 1.14. The second kappa shape index (κ2) is 7.48. The molecule has 2 unspecified atom stereocenters. The molecule has 0 bridgehead atoms. The van der Waals surface area contributed by atoms with Crippen molar-refractivity contribution in [2.45, 2.75) is 39.3 Å². The topological polar surface area (TPSA) is 18.5 Å². The molecule has 118 valence electrons. The van der Waals surface area contributed by atoms with E-state index in [-0.39, 0.29) is 0 Å². The number of piperazine rings is 1. The van der Waals surface area contributed by atoms with Crippen LogP contribution in [0.2, 0.25) is 5.02 Å². The minimum Gasteiger partial charge on any atom is -0.369 e. The maximum atomic E-state index is 6.51. The Hall–Kier alpha value is -0.770. The van der Waals surface area contributed by atoms with E-state index in [2.05, 4.69) is 61.1 Å². The molecule has 0 spiro atoms. The molecule has 1 aliphatic heterocycles. The lowest BCUT2D eigenvalue weighted by Gasteiger charge is -2.39. The number of nitrogens with one attached hydrogen (secondary N) is 1. The van der Waals surface area contributed by atoms with Crippen molar-refractivity contribution in [3.63, 3.8) is 0 Å². The highest BCUT2D eigenvalue weighted by Gasteiger charge is 2.21. The Bertz CT molecular complexity index is 463. The van der Waals surface area contributed by atoms with Crippen molar-refractivity contribution in [2.24, 2.45) is 0 Å². The highest BCUT2D eigenvalue weighted by Crippen LogP contribution is 2.29. The molecule has 1 fully saturated rings. The number of halogens is 1. The first-order chi connectivity index (χ1) is 10.0. The lowest BCUT2D eigenvalue weighted by Crippen LogP contribution is -2.50. The number of likely N-dealkylation sites (N-methyl/N-ethyl adjacent to an activating group) is 1. The maximum Gasteiger partial charge on any atom is 0.0474 e. The Labute approximate surface area is 134 Å². The quantitative estimate of drug-likeness (QED) is 0.897. The van der Waals surface area contributed by atoms with E-state index in [9.17, 15) is 0 Å². The summed E-state index contributed by atoms with van der Waals surface area (Å²) in [5.41, 5.74) is 2.43. The van der Waals surface area contributed by atoms with Crippen LogP contribution < -0.4 is 10.2 Å². The van der Waals surface area contributed by atoms with Crippen molar-refractivity contribution in [3.8, 4) is 0 Å². The van der Waals surface area contributed by atoms with Gasteiger partial charge in [-0.25, -0.2) is 0 Å². The van der Waals surface area contributed by atoms with E-state index in [1.807, 2.05) is 0 Å². The first kappa shape index (κ1) is 16.6. The van der Waals surface area contributed by atoms with Crippen LogP contribution in [-0.4, -0.2) is 44.2 Å². The van der Waals surface area contributed by atoms with Gasteiger partial charge in [0.2, 0.25) is 0 Å². The molecule has 2 atom stereocenters. The molecule has 21 heavy (non-hydrogen) atoms. The summed E-state index contributed by atoms with van der Waals surface area (Å²) in [7, 11) is 2.19. The van der Waals surface area contributed by atoms with Crippen molar-refractivity contribution in [2.75, 3.05) is 38.1 Å². The van der Waals surface area contributed by atoms with Gasteiger partial charge >= 0.3 is 0 Å². The fourth-order valence-electron chi connectivity index (χ4n) is 2.82. The van der Waals surface area contributed by atoms with Gasteiger partial charge in [-0.3, -0.25) is 0 Å². The minimum absolute atomic E-state index is 0.304. The standard InChI is InChI=1S/C17H28ClN3/c1-5-8-19-14(3)16-7-6-15(11-17(16)18)21-10-9-20(4)13(2)12-21/h6-7,11,13-14,19H,5,8-10,12H2,1-4H3. The van der Waals surface area contributed by atoms with E-state index in [0.717, 1.165) is 37.6 Å². The number of hydrogen-bond acceptors (Lipinski definition) is 3. The van der Waals surface area contributed by atoms with Crippen LogP contribution in [0.25, 0.3) is 0 Å². The molecule has 0 amide bonds. The molecular formula is C17H28ClN3. The zero-order valence-corrected chi connectivity index (χ0v) is 14.5. The molecule has 1 saturated heterocycles. The molecule has 1 heterocycles. The van der Waals surface area contributed by atoms with E-state index < -0.39 is 0 Å². The van der Waals surface area contributed by atoms with Crippen molar-refractivity contribution in [3.05, 3.63) is 28.8 Å². The minimum atomic E-state index is 0.304. The Morgan fingerprint density at radius 1 is 1.38 bits per heavy atom. The first-order valence-electron chi connectivity index (χ1n) is 8.01. The van der Waals surface area contributed by atoms with Crippen LogP contribution in [0, 0.1) is 0 Å². The normalized spacial score (nSPS) is 21.6. The van der Waals surface area contributed by atoms with E-state index in [1.165, 1.54) is 11.3 Å². The molecule has 4 heteroatoms. The molecule has 0 aromatic heterocycles. The molecule has 1 aliphatic rings. The Balaban J connectivity index is 2.08. The fourth-order valence-corrected chi connectivity index (χ4v) is 3.16. The number of nitrogens with zero attached hydrogens (tertiary/aromatic N) is 2. The first-order valence-corrected chi connectivity index (χ1v) is 8.38. The molecule has 1 N–H and O–H groups in total. The third kappa shape index (κ3) is 4.12. The third-order valence-corrected chi connectivity index (χ3v) is 4.80. The summed E-state index contributed by atoms with van der Waals surface area (Å²) in [6.45, 7) is 10.9. The number of benzene rings is 1. The summed E-state index contributed by atoms with van der Waals surface area (Å²) in [5.74, 6) is 0. The average Bonchev–Trinajstić information content (AvgIpc) is 2.47. The van der Waals surface area contributed by atoms with Crippen molar-refractivity contribution < 1.29 is 0 Å². The third-order valence-electron chi connectivity index (χ3n) is 4.48. The van der Waals surface area contributed by atoms with Gasteiger partial charge < -0.3 is 15.1 Å². The van der Waals surface area contributed by atoms with Crippen LogP contribution in [0.4, 0.5) is 5.69 Å². The van der Waals surface area contributed by atoms with E-state index in [1.54, 1.807) is 0 Å². The molecule has 3 nitrogen and oxygen atoms in total. The smallest absolute Gasteiger partial charge is 0.0474 e. The van der Waals surface area contributed by atoms with E-state index in [4.69, 9.17) is 11.6 Å². The highest BCUT2D eigenvalue weighted by molar-refractivity contribution is 6.31. The molecule has 0 aliphatic carbocycles. The monoisotopic (exact) mass is 309 g/mol. The van der Waals surface area contributed by atoms with Crippen molar-refractivity contribution in [1.82, 2.24) is 10.2 Å². The maximum absolute atomic E-state index is 6.51. The zero-order valence-electron chi connectivity index (χ0n) is 13.7. The van der Waals surface area contributed by atoms with Gasteiger partial charge in [-0.05, 0) is 51.6 Å². The fraction of sp³-hybridized carbons (Fsp3) is 0.647. The molecule has 2 rings (SSSR count). The van der Waals surface area contributed by atoms with Gasteiger partial charge in [-0.1, -0.05) is 24.6 Å². The summed E-state index contributed by atoms with van der Waals surface area (Å²) in [6, 6.07) is 7.40. The van der Waals surface area contributed by atoms with Crippen molar-refractivity contribution >= 4 is 17.3 Å². The van der Waals surface area contributed by atoms with Gasteiger partial charge in [0.05, 0.1) is 0 Å². The van der Waals surface area contributed by atoms with Crippen molar-refractivity contribution in [1.29, 1.82) is 0 Å². The average molecular weight is 310 g/mol. The summed E-state index contributed by atoms with van der Waals surface area (Å²) in [5, 5.41) is 4.37. The van der Waals surface area contributed by atoms with Crippen LogP contribution in [0.5, 0.6) is 0 Å².